The third-order valence-electron chi connectivity index (χ3n) is 5.47. The second-order valence-electron chi connectivity index (χ2n) is 7.56. The second kappa shape index (κ2) is 7.43. The van der Waals surface area contributed by atoms with Crippen molar-refractivity contribution in [1.29, 1.82) is 0 Å². The van der Waals surface area contributed by atoms with Gasteiger partial charge < -0.3 is 10.2 Å². The summed E-state index contributed by atoms with van der Waals surface area (Å²) in [7, 11) is 0. The average Bonchev–Trinajstić information content (AvgIpc) is 2.61. The van der Waals surface area contributed by atoms with E-state index in [0.717, 1.165) is 18.4 Å². The minimum atomic E-state index is -0.103. The molecule has 0 saturated heterocycles. The third kappa shape index (κ3) is 3.68. The molecule has 0 unspecified atom stereocenters. The lowest BCUT2D eigenvalue weighted by Gasteiger charge is -2.31. The zero-order chi connectivity index (χ0) is 19.7. The second-order valence-corrected chi connectivity index (χ2v) is 7.56. The molecule has 2 aromatic carbocycles. The predicted molar refractivity (Wildman–Crippen MR) is 109 cm³/mol. The molecule has 0 heterocycles. The van der Waals surface area contributed by atoms with Crippen LogP contribution >= 0.6 is 0 Å². The van der Waals surface area contributed by atoms with Crippen LogP contribution in [0, 0.1) is 5.92 Å². The molecule has 1 aliphatic rings. The minimum absolute atomic E-state index is 0.0468. The summed E-state index contributed by atoms with van der Waals surface area (Å²) in [6.45, 7) is 9.69. The van der Waals surface area contributed by atoms with Crippen molar-refractivity contribution in [1.82, 2.24) is 0 Å². The highest BCUT2D eigenvalue weighted by Crippen LogP contribution is 2.47. The maximum atomic E-state index is 11.9. The van der Waals surface area contributed by atoms with Gasteiger partial charge in [0.25, 0.3) is 0 Å². The highest BCUT2D eigenvalue weighted by Gasteiger charge is 2.30. The Hall–Kier alpha value is -2.81. The summed E-state index contributed by atoms with van der Waals surface area (Å²) in [5.74, 6) is 0.118. The molecule has 140 valence electrons. The van der Waals surface area contributed by atoms with Crippen LogP contribution in [0.4, 0.5) is 0 Å². The highest BCUT2D eigenvalue weighted by atomic mass is 16.3. The van der Waals surface area contributed by atoms with E-state index in [1.165, 1.54) is 12.5 Å². The molecule has 0 aliphatic heterocycles. The van der Waals surface area contributed by atoms with Crippen LogP contribution in [0.1, 0.15) is 55.5 Å². The largest absolute Gasteiger partial charge is 0.507 e. The number of phenols is 2. The molecule has 0 radical (unpaired) electrons. The van der Waals surface area contributed by atoms with Gasteiger partial charge in [0.05, 0.1) is 0 Å². The number of aromatic hydroxyl groups is 2. The number of benzene rings is 2. The van der Waals surface area contributed by atoms with E-state index in [9.17, 15) is 15.0 Å². The summed E-state index contributed by atoms with van der Waals surface area (Å²) < 4.78 is 0. The number of hydrogen-bond donors (Lipinski definition) is 2. The van der Waals surface area contributed by atoms with E-state index < -0.39 is 0 Å². The maximum Gasteiger partial charge on any atom is 0.160 e. The average molecular weight is 362 g/mol. The summed E-state index contributed by atoms with van der Waals surface area (Å²) in [6.07, 6.45) is 4.08. The molecule has 27 heavy (non-hydrogen) atoms. The topological polar surface area (TPSA) is 57.5 Å². The molecule has 0 amide bonds. The van der Waals surface area contributed by atoms with Gasteiger partial charge in [0.15, 0.2) is 5.78 Å². The Labute approximate surface area is 160 Å². The van der Waals surface area contributed by atoms with Gasteiger partial charge in [-0.3, -0.25) is 4.79 Å². The van der Waals surface area contributed by atoms with Gasteiger partial charge in [-0.2, -0.15) is 0 Å². The molecule has 3 rings (SSSR count). The molecule has 2 N–H and O–H groups in total. The fourth-order valence-electron chi connectivity index (χ4n) is 4.07. The van der Waals surface area contributed by atoms with Gasteiger partial charge in [0, 0.05) is 17.0 Å². The van der Waals surface area contributed by atoms with E-state index in [0.29, 0.717) is 22.3 Å². The SMILES string of the molecule is C=C(C)[C@@H]1CCC(C)=C[C@H]1c1c(O)cc(-c2ccccc2C(C)=O)cc1O. The van der Waals surface area contributed by atoms with Gasteiger partial charge in [0.1, 0.15) is 11.5 Å². The summed E-state index contributed by atoms with van der Waals surface area (Å²) >= 11 is 0. The van der Waals surface area contributed by atoms with Crippen LogP contribution in [0.5, 0.6) is 11.5 Å². The van der Waals surface area contributed by atoms with E-state index in [1.54, 1.807) is 24.3 Å². The van der Waals surface area contributed by atoms with Crippen LogP contribution < -0.4 is 0 Å². The monoisotopic (exact) mass is 362 g/mol. The van der Waals surface area contributed by atoms with Crippen LogP contribution in [-0.2, 0) is 0 Å². The van der Waals surface area contributed by atoms with Crippen LogP contribution in [0.3, 0.4) is 0 Å². The van der Waals surface area contributed by atoms with Gasteiger partial charge in [-0.15, -0.1) is 0 Å². The molecule has 3 nitrogen and oxygen atoms in total. The molecule has 0 aromatic heterocycles. The maximum absolute atomic E-state index is 11.9. The Morgan fingerprint density at radius 3 is 2.33 bits per heavy atom. The smallest absolute Gasteiger partial charge is 0.160 e. The van der Waals surface area contributed by atoms with Crippen molar-refractivity contribution in [2.24, 2.45) is 5.92 Å². The molecule has 2 atom stereocenters. The van der Waals surface area contributed by atoms with Gasteiger partial charge >= 0.3 is 0 Å². The lowest BCUT2D eigenvalue weighted by Crippen LogP contribution is -2.17. The minimum Gasteiger partial charge on any atom is -0.507 e. The van der Waals surface area contributed by atoms with E-state index >= 15 is 0 Å². The van der Waals surface area contributed by atoms with E-state index in [4.69, 9.17) is 0 Å². The Morgan fingerprint density at radius 2 is 1.74 bits per heavy atom. The number of ketones is 1. The summed E-state index contributed by atoms with van der Waals surface area (Å²) in [6, 6.07) is 10.5. The Balaban J connectivity index is 2.13. The first-order valence-electron chi connectivity index (χ1n) is 9.28. The van der Waals surface area contributed by atoms with Crippen molar-refractivity contribution in [3.8, 4) is 22.6 Å². The number of rotatable bonds is 4. The predicted octanol–water partition coefficient (Wildman–Crippen LogP) is 5.98. The number of allylic oxidation sites excluding steroid dienone is 3. The first-order valence-corrected chi connectivity index (χ1v) is 9.28. The van der Waals surface area contributed by atoms with Crippen molar-refractivity contribution in [2.45, 2.75) is 39.5 Å². The van der Waals surface area contributed by atoms with E-state index in [2.05, 4.69) is 19.6 Å². The van der Waals surface area contributed by atoms with Crippen LogP contribution in [0.25, 0.3) is 11.1 Å². The van der Waals surface area contributed by atoms with Crippen molar-refractivity contribution >= 4 is 5.78 Å². The molecule has 2 aromatic rings. The highest BCUT2D eigenvalue weighted by molar-refractivity contribution is 6.01. The summed E-state index contributed by atoms with van der Waals surface area (Å²) in [4.78, 5) is 11.9. The van der Waals surface area contributed by atoms with Crippen molar-refractivity contribution in [3.05, 3.63) is 71.3 Å². The zero-order valence-corrected chi connectivity index (χ0v) is 16.1. The van der Waals surface area contributed by atoms with Gasteiger partial charge in [0.2, 0.25) is 0 Å². The number of carbonyl (C=O) groups excluding carboxylic acids is 1. The Kier molecular flexibility index (Phi) is 5.22. The van der Waals surface area contributed by atoms with Gasteiger partial charge in [-0.25, -0.2) is 0 Å². The molecule has 3 heteroatoms. The van der Waals surface area contributed by atoms with E-state index in [1.807, 2.05) is 19.1 Å². The molecule has 0 spiro atoms. The van der Waals surface area contributed by atoms with Crippen molar-refractivity contribution in [2.75, 3.05) is 0 Å². The number of hydrogen-bond acceptors (Lipinski definition) is 3. The van der Waals surface area contributed by atoms with Gasteiger partial charge in [-0.1, -0.05) is 48.1 Å². The fraction of sp³-hybridized carbons (Fsp3) is 0.292. The van der Waals surface area contributed by atoms with Gasteiger partial charge in [-0.05, 0) is 62.8 Å². The molecule has 0 fully saturated rings. The number of Topliss-reactive ketones (excluding diaryl/α,β-unsaturated/α-hetero) is 1. The quantitative estimate of drug-likeness (QED) is 0.519. The van der Waals surface area contributed by atoms with Crippen molar-refractivity contribution in [3.63, 3.8) is 0 Å². The van der Waals surface area contributed by atoms with Crippen LogP contribution in [0.15, 0.2) is 60.2 Å². The lowest BCUT2D eigenvalue weighted by molar-refractivity contribution is 0.101. The van der Waals surface area contributed by atoms with E-state index in [-0.39, 0.29) is 29.1 Å². The first kappa shape index (κ1) is 19.0. The first-order chi connectivity index (χ1) is 12.8. The molecular formula is C24H26O3. The zero-order valence-electron chi connectivity index (χ0n) is 16.1. The lowest BCUT2D eigenvalue weighted by atomic mass is 9.73. The normalized spacial score (nSPS) is 19.4. The molecular weight excluding hydrogens is 336 g/mol. The van der Waals surface area contributed by atoms with Crippen LogP contribution in [0.2, 0.25) is 0 Å². The van der Waals surface area contributed by atoms with Crippen LogP contribution in [-0.4, -0.2) is 16.0 Å². The van der Waals surface area contributed by atoms with Crippen molar-refractivity contribution < 1.29 is 15.0 Å². The third-order valence-corrected chi connectivity index (χ3v) is 5.47. The molecule has 0 bridgehead atoms. The Morgan fingerprint density at radius 1 is 1.11 bits per heavy atom. The molecule has 1 aliphatic carbocycles. The number of phenolic OH excluding ortho intramolecular Hbond substituents is 2. The fourth-order valence-corrected chi connectivity index (χ4v) is 4.07. The summed E-state index contributed by atoms with van der Waals surface area (Å²) in [5.41, 5.74) is 4.73. The summed E-state index contributed by atoms with van der Waals surface area (Å²) in [5, 5.41) is 21.6. The standard InChI is InChI=1S/C24H26O3/c1-14(2)18-10-9-15(3)11-21(18)24-22(26)12-17(13-23(24)27)20-8-6-5-7-19(20)16(4)25/h5-8,11-13,18,21,26-27H,1,9-10H2,2-4H3/t18-,21+/m0/s1. The Bertz CT molecular complexity index is 913. The number of carbonyl (C=O) groups is 1. The molecule has 0 saturated carbocycles.